The Balaban J connectivity index is 2.19. The van der Waals surface area contributed by atoms with Crippen LogP contribution in [0.1, 0.15) is 0 Å². The average molecular weight is 323 g/mol. The van der Waals surface area contributed by atoms with Crippen LogP contribution in [0, 0.1) is 5.82 Å². The number of aromatic nitrogens is 1. The number of halogens is 2. The Morgan fingerprint density at radius 1 is 1.21 bits per heavy atom. The van der Waals surface area contributed by atoms with Crippen LogP contribution in [0.2, 0.25) is 0 Å². The highest BCUT2D eigenvalue weighted by Crippen LogP contribution is 2.37. The van der Waals surface area contributed by atoms with Gasteiger partial charge in [0.15, 0.2) is 16.1 Å². The van der Waals surface area contributed by atoms with Gasteiger partial charge in [0.25, 0.3) is 0 Å². The number of hydrogen-bond acceptors (Lipinski definition) is 4. The maximum Gasteiger partial charge on any atom is 0.230 e. The fourth-order valence-corrected chi connectivity index (χ4v) is 2.14. The zero-order chi connectivity index (χ0) is 13.4. The van der Waals surface area contributed by atoms with E-state index in [1.165, 1.54) is 12.1 Å². The van der Waals surface area contributed by atoms with E-state index in [0.717, 1.165) is 0 Å². The quantitative estimate of drug-likeness (QED) is 0.771. The van der Waals surface area contributed by atoms with Crippen molar-refractivity contribution in [3.05, 3.63) is 46.9 Å². The van der Waals surface area contributed by atoms with Crippen LogP contribution in [0.15, 0.2) is 50.0 Å². The monoisotopic (exact) mass is 322 g/mol. The van der Waals surface area contributed by atoms with Crippen LogP contribution in [0.4, 0.5) is 10.3 Å². The number of hydrogen-bond donors (Lipinski definition) is 1. The number of benzene rings is 1. The third-order valence-electron chi connectivity index (χ3n) is 2.64. The van der Waals surface area contributed by atoms with E-state index in [0.29, 0.717) is 27.3 Å². The summed E-state index contributed by atoms with van der Waals surface area (Å²) in [4.78, 5) is 0. The van der Waals surface area contributed by atoms with E-state index >= 15 is 0 Å². The minimum absolute atomic E-state index is 0.119. The highest BCUT2D eigenvalue weighted by atomic mass is 79.9. The van der Waals surface area contributed by atoms with Gasteiger partial charge >= 0.3 is 0 Å². The molecule has 0 unspecified atom stereocenters. The third kappa shape index (κ3) is 2.15. The van der Waals surface area contributed by atoms with Gasteiger partial charge in [0.2, 0.25) is 5.88 Å². The maximum atomic E-state index is 13.3. The van der Waals surface area contributed by atoms with Gasteiger partial charge in [0, 0.05) is 0 Å². The molecule has 96 valence electrons. The molecule has 3 rings (SSSR count). The second-order valence-corrected chi connectivity index (χ2v) is 4.67. The topological polar surface area (TPSA) is 65.2 Å². The zero-order valence-electron chi connectivity index (χ0n) is 9.56. The fraction of sp³-hybridized carbons (Fsp3) is 0. The standard InChI is InChI=1S/C13H8BrFN2O2/c14-10-5-4-9(18-10)12-11(13(16)19-17-12)7-2-1-3-8(15)6-7/h1-6H,16H2. The lowest BCUT2D eigenvalue weighted by molar-refractivity contribution is 0.435. The predicted molar refractivity (Wildman–Crippen MR) is 71.7 cm³/mol. The molecular weight excluding hydrogens is 315 g/mol. The summed E-state index contributed by atoms with van der Waals surface area (Å²) in [5, 5.41) is 3.87. The van der Waals surface area contributed by atoms with Crippen LogP contribution in [0.5, 0.6) is 0 Å². The summed E-state index contributed by atoms with van der Waals surface area (Å²) in [5.41, 5.74) is 7.30. The van der Waals surface area contributed by atoms with Gasteiger partial charge in [-0.1, -0.05) is 17.3 Å². The lowest BCUT2D eigenvalue weighted by atomic mass is 10.0. The Morgan fingerprint density at radius 3 is 2.74 bits per heavy atom. The van der Waals surface area contributed by atoms with Crippen molar-refractivity contribution in [1.29, 1.82) is 0 Å². The van der Waals surface area contributed by atoms with Crippen molar-refractivity contribution in [3.8, 4) is 22.6 Å². The van der Waals surface area contributed by atoms with E-state index in [1.807, 2.05) is 0 Å². The molecule has 0 bridgehead atoms. The van der Waals surface area contributed by atoms with Crippen LogP contribution in [-0.4, -0.2) is 5.16 Å². The summed E-state index contributed by atoms with van der Waals surface area (Å²) in [6.45, 7) is 0. The molecule has 2 heterocycles. The maximum absolute atomic E-state index is 13.3. The van der Waals surface area contributed by atoms with E-state index in [4.69, 9.17) is 14.7 Å². The molecule has 0 fully saturated rings. The van der Waals surface area contributed by atoms with Gasteiger partial charge in [-0.2, -0.15) is 0 Å². The van der Waals surface area contributed by atoms with Crippen LogP contribution in [0.25, 0.3) is 22.6 Å². The predicted octanol–water partition coefficient (Wildman–Crippen LogP) is 4.09. The van der Waals surface area contributed by atoms with Crippen LogP contribution < -0.4 is 5.73 Å². The molecule has 0 aliphatic carbocycles. The number of rotatable bonds is 2. The molecule has 0 amide bonds. The summed E-state index contributed by atoms with van der Waals surface area (Å²) in [6, 6.07) is 9.51. The SMILES string of the molecule is Nc1onc(-c2ccc(Br)o2)c1-c1cccc(F)c1. The molecule has 0 aliphatic heterocycles. The molecule has 0 saturated heterocycles. The van der Waals surface area contributed by atoms with Crippen molar-refractivity contribution in [1.82, 2.24) is 5.16 Å². The minimum Gasteiger partial charge on any atom is -0.448 e. The highest BCUT2D eigenvalue weighted by Gasteiger charge is 2.20. The van der Waals surface area contributed by atoms with E-state index < -0.39 is 0 Å². The first-order valence-corrected chi connectivity index (χ1v) is 6.21. The second kappa shape index (κ2) is 4.55. The zero-order valence-corrected chi connectivity index (χ0v) is 11.1. The molecule has 0 saturated carbocycles. The lowest BCUT2D eigenvalue weighted by Crippen LogP contribution is -1.87. The second-order valence-electron chi connectivity index (χ2n) is 3.88. The van der Waals surface area contributed by atoms with Gasteiger partial charge in [-0.3, -0.25) is 0 Å². The number of anilines is 1. The van der Waals surface area contributed by atoms with Crippen molar-refractivity contribution in [2.45, 2.75) is 0 Å². The lowest BCUT2D eigenvalue weighted by Gasteiger charge is -2.00. The molecule has 1 aromatic carbocycles. The van der Waals surface area contributed by atoms with E-state index in [1.54, 1.807) is 24.3 Å². The van der Waals surface area contributed by atoms with Gasteiger partial charge in [-0.15, -0.1) is 0 Å². The average Bonchev–Trinajstić information content (AvgIpc) is 2.95. The Bertz CT molecular complexity index is 736. The Kier molecular flexibility index (Phi) is 2.87. The van der Waals surface area contributed by atoms with E-state index in [2.05, 4.69) is 21.1 Å². The summed E-state index contributed by atoms with van der Waals surface area (Å²) in [6.07, 6.45) is 0. The summed E-state index contributed by atoms with van der Waals surface area (Å²) >= 11 is 3.21. The molecule has 0 spiro atoms. The van der Waals surface area contributed by atoms with Gasteiger partial charge in [0.1, 0.15) is 5.82 Å². The van der Waals surface area contributed by atoms with Crippen molar-refractivity contribution < 1.29 is 13.3 Å². The molecule has 2 aromatic heterocycles. The van der Waals surface area contributed by atoms with Gasteiger partial charge < -0.3 is 14.7 Å². The molecule has 6 heteroatoms. The molecule has 0 radical (unpaired) electrons. The van der Waals surface area contributed by atoms with Gasteiger partial charge in [0.05, 0.1) is 5.56 Å². The van der Waals surface area contributed by atoms with Crippen molar-refractivity contribution in [2.75, 3.05) is 5.73 Å². The van der Waals surface area contributed by atoms with Gasteiger partial charge in [-0.05, 0) is 45.8 Å². The summed E-state index contributed by atoms with van der Waals surface area (Å²) in [7, 11) is 0. The number of nitrogen functional groups attached to an aromatic ring is 1. The molecular formula is C13H8BrFN2O2. The van der Waals surface area contributed by atoms with Crippen LogP contribution >= 0.6 is 15.9 Å². The number of furan rings is 1. The first kappa shape index (κ1) is 12.0. The molecule has 4 nitrogen and oxygen atoms in total. The van der Waals surface area contributed by atoms with Crippen LogP contribution in [0.3, 0.4) is 0 Å². The normalized spacial score (nSPS) is 10.8. The summed E-state index contributed by atoms with van der Waals surface area (Å²) in [5.74, 6) is 0.254. The third-order valence-corrected chi connectivity index (χ3v) is 3.06. The smallest absolute Gasteiger partial charge is 0.230 e. The van der Waals surface area contributed by atoms with Crippen molar-refractivity contribution in [2.24, 2.45) is 0 Å². The first-order chi connectivity index (χ1) is 9.15. The first-order valence-electron chi connectivity index (χ1n) is 5.42. The van der Waals surface area contributed by atoms with Crippen LogP contribution in [-0.2, 0) is 0 Å². The summed E-state index contributed by atoms with van der Waals surface area (Å²) < 4.78 is 24.3. The van der Waals surface area contributed by atoms with E-state index in [-0.39, 0.29) is 11.7 Å². The minimum atomic E-state index is -0.357. The van der Waals surface area contributed by atoms with Gasteiger partial charge in [-0.25, -0.2) is 4.39 Å². The Morgan fingerprint density at radius 2 is 2.05 bits per heavy atom. The number of nitrogens with two attached hydrogens (primary N) is 1. The largest absolute Gasteiger partial charge is 0.448 e. The molecule has 3 aromatic rings. The Labute approximate surface area is 116 Å². The van der Waals surface area contributed by atoms with E-state index in [9.17, 15) is 4.39 Å². The van der Waals surface area contributed by atoms with Crippen molar-refractivity contribution in [3.63, 3.8) is 0 Å². The van der Waals surface area contributed by atoms with Crippen molar-refractivity contribution >= 4 is 21.8 Å². The molecule has 0 aliphatic rings. The fourth-order valence-electron chi connectivity index (χ4n) is 1.84. The molecule has 2 N–H and O–H groups in total. The number of nitrogens with zero attached hydrogens (tertiary/aromatic N) is 1. The molecule has 19 heavy (non-hydrogen) atoms. The highest BCUT2D eigenvalue weighted by molar-refractivity contribution is 9.10. The molecule has 0 atom stereocenters. The Hall–Kier alpha value is -2.08.